The highest BCUT2D eigenvalue weighted by Gasteiger charge is 2.69. The van der Waals surface area contributed by atoms with Gasteiger partial charge in [0, 0.05) is 16.4 Å². The van der Waals surface area contributed by atoms with Crippen molar-refractivity contribution in [2.24, 2.45) is 15.7 Å². The van der Waals surface area contributed by atoms with Crippen molar-refractivity contribution in [3.05, 3.63) is 78.4 Å². The zero-order valence-corrected chi connectivity index (χ0v) is 27.2. The van der Waals surface area contributed by atoms with Crippen molar-refractivity contribution in [1.29, 1.82) is 0 Å². The van der Waals surface area contributed by atoms with Gasteiger partial charge in [-0.1, -0.05) is 55.4 Å². The van der Waals surface area contributed by atoms with Gasteiger partial charge in [0.25, 0.3) is 5.72 Å². The lowest BCUT2D eigenvalue weighted by molar-refractivity contribution is -0.549. The van der Waals surface area contributed by atoms with Gasteiger partial charge in [-0.15, -0.1) is 0 Å². The van der Waals surface area contributed by atoms with Crippen molar-refractivity contribution in [3.8, 4) is 0 Å². The molecule has 7 heteroatoms. The van der Waals surface area contributed by atoms with E-state index in [9.17, 15) is 0 Å². The molecule has 2 aromatic rings. The van der Waals surface area contributed by atoms with E-state index in [1.165, 1.54) is 39.0 Å². The van der Waals surface area contributed by atoms with E-state index >= 15 is 0 Å². The van der Waals surface area contributed by atoms with Crippen LogP contribution < -0.4 is 16.4 Å². The minimum absolute atomic E-state index is 0.757. The monoisotopic (exact) mass is 581 g/mol. The Morgan fingerprint density at radius 3 is 1.79 bits per heavy atom. The largest absolute Gasteiger partial charge is 0.355 e. The average molecular weight is 582 g/mol. The number of allylic oxidation sites excluding steroid dienone is 4. The Morgan fingerprint density at radius 2 is 1.26 bits per heavy atom. The fraction of sp³-hybridized carbons (Fsp3) is 0.500. The minimum atomic E-state index is -1.28. The Bertz CT molecular complexity index is 1780. The number of fused-ring (bicyclic) bond motifs is 6. The number of hydrogen-bond donors (Lipinski definition) is 3. The topological polar surface area (TPSA) is 101 Å². The number of aromatic nitrogens is 2. The van der Waals surface area contributed by atoms with Gasteiger partial charge < -0.3 is 9.97 Å². The maximum Gasteiger partial charge on any atom is 0.266 e. The zero-order chi connectivity index (χ0) is 30.7. The number of nitrogens with one attached hydrogen (secondary N) is 2. The fourth-order valence-electron chi connectivity index (χ4n) is 7.95. The van der Waals surface area contributed by atoms with Crippen LogP contribution in [0.5, 0.6) is 0 Å². The third-order valence-corrected chi connectivity index (χ3v) is 9.96. The molecule has 1 saturated heterocycles. The maximum absolute atomic E-state index is 7.33. The number of H-pyrrole nitrogens is 2. The van der Waals surface area contributed by atoms with Gasteiger partial charge in [-0.05, 0) is 114 Å². The lowest BCUT2D eigenvalue weighted by Gasteiger charge is -2.51. The quantitative estimate of drug-likeness (QED) is 0.333. The normalized spacial score (nSPS) is 27.1. The summed E-state index contributed by atoms with van der Waals surface area (Å²) in [6, 6.07) is 0. The number of aliphatic imine (C=N–C) groups is 2. The summed E-state index contributed by atoms with van der Waals surface area (Å²) in [4.78, 5) is 30.2. The molecule has 4 N–H and O–H groups in total. The van der Waals surface area contributed by atoms with E-state index in [-0.39, 0.29) is 0 Å². The third kappa shape index (κ3) is 4.04. The van der Waals surface area contributed by atoms with Crippen molar-refractivity contribution >= 4 is 23.6 Å². The Morgan fingerprint density at radius 1 is 0.628 bits per heavy atom. The lowest BCUT2D eigenvalue weighted by atomic mass is 9.83. The van der Waals surface area contributed by atoms with Crippen LogP contribution in [0, 0.1) is 0 Å². The highest BCUT2D eigenvalue weighted by molar-refractivity contribution is 6.24. The summed E-state index contributed by atoms with van der Waals surface area (Å²) in [5.74, 6) is 0. The van der Waals surface area contributed by atoms with E-state index in [1.54, 1.807) is 0 Å². The molecule has 228 valence electrons. The second-order valence-corrected chi connectivity index (χ2v) is 11.9. The van der Waals surface area contributed by atoms with Crippen LogP contribution in [0.2, 0.25) is 0 Å². The van der Waals surface area contributed by atoms with Crippen LogP contribution in [0.15, 0.2) is 44.1 Å². The molecule has 4 aliphatic heterocycles. The van der Waals surface area contributed by atoms with Crippen LogP contribution >= 0.6 is 0 Å². The summed E-state index contributed by atoms with van der Waals surface area (Å²) < 4.78 is 0. The molecule has 43 heavy (non-hydrogen) atoms. The Balaban J connectivity index is 1.76. The summed E-state index contributed by atoms with van der Waals surface area (Å²) in [7, 11) is 0. The molecular formula is C36H47N5O2. The van der Waals surface area contributed by atoms with E-state index in [2.05, 4.69) is 83.6 Å². The van der Waals surface area contributed by atoms with E-state index in [0.717, 1.165) is 96.1 Å². The molecule has 0 radical (unpaired) electrons. The highest BCUT2D eigenvalue weighted by atomic mass is 17.3. The molecule has 0 aliphatic carbocycles. The molecule has 6 heterocycles. The SMILES string of the molecule is CCC1=C(CC)/C2=C/C3=NC4(OOC4(N)c4[nH]c(c(CC)c4CC)/C=c4\[nH]/c(c(CC)c4CC)=C\C1=N2)C(CC)=C3CC. The van der Waals surface area contributed by atoms with Gasteiger partial charge in [-0.2, -0.15) is 9.78 Å². The van der Waals surface area contributed by atoms with Gasteiger partial charge >= 0.3 is 0 Å². The molecule has 0 amide bonds. The van der Waals surface area contributed by atoms with Gasteiger partial charge in [0.15, 0.2) is 0 Å². The molecular weight excluding hydrogens is 534 g/mol. The molecule has 1 fully saturated rings. The summed E-state index contributed by atoms with van der Waals surface area (Å²) >= 11 is 0. The summed E-state index contributed by atoms with van der Waals surface area (Å²) in [6.45, 7) is 17.6. The van der Waals surface area contributed by atoms with E-state index < -0.39 is 11.4 Å². The first-order valence-electron chi connectivity index (χ1n) is 16.5. The maximum atomic E-state index is 7.33. The molecule has 2 atom stereocenters. The van der Waals surface area contributed by atoms with Gasteiger partial charge in [-0.25, -0.2) is 9.98 Å². The van der Waals surface area contributed by atoms with E-state index in [4.69, 9.17) is 25.5 Å². The van der Waals surface area contributed by atoms with Crippen LogP contribution in [-0.2, 0) is 41.2 Å². The standard InChI is InChI=1S/C36H47N5O2/c1-9-20-21(10-2)30-18-32-24(13-5)25(14-6)34(40-32)35(37)36(43-42-35)27(16-8)26(15-7)33(41-36)19-31-23(12-4)22(11-3)29(39-31)17-28(20)38-30/h17-19,38,40H,9-16,37H2,1-8H3/b28-17-,30-18-,31-19-. The lowest BCUT2D eigenvalue weighted by Crippen LogP contribution is -2.69. The minimum Gasteiger partial charge on any atom is -0.355 e. The number of nitrogens with zero attached hydrogens (tertiary/aromatic N) is 2. The zero-order valence-electron chi connectivity index (χ0n) is 27.2. The summed E-state index contributed by atoms with van der Waals surface area (Å²) in [5.41, 5.74) is 19.7. The molecule has 1 spiro atoms. The number of nitrogens with two attached hydrogens (primary N) is 1. The molecule has 4 aliphatic rings. The Hall–Kier alpha value is -3.26. The van der Waals surface area contributed by atoms with Crippen LogP contribution in [-0.4, -0.2) is 27.1 Å². The molecule has 7 nitrogen and oxygen atoms in total. The molecule has 0 saturated carbocycles. The smallest absolute Gasteiger partial charge is 0.266 e. The summed E-state index contributed by atoms with van der Waals surface area (Å²) in [6.07, 6.45) is 13.7. The first-order valence-corrected chi connectivity index (χ1v) is 16.5. The Kier molecular flexibility index (Phi) is 7.64. The number of rotatable bonds is 8. The fourth-order valence-corrected chi connectivity index (χ4v) is 7.95. The molecule has 2 unspecified atom stereocenters. The number of aromatic amines is 2. The van der Waals surface area contributed by atoms with Crippen molar-refractivity contribution < 1.29 is 9.78 Å². The van der Waals surface area contributed by atoms with Crippen LogP contribution in [0.4, 0.5) is 0 Å². The van der Waals surface area contributed by atoms with Gasteiger partial charge in [0.2, 0.25) is 5.72 Å². The summed E-state index contributed by atoms with van der Waals surface area (Å²) in [5, 5.41) is 2.27. The first-order chi connectivity index (χ1) is 20.8. The van der Waals surface area contributed by atoms with E-state index in [0.29, 0.717) is 0 Å². The van der Waals surface area contributed by atoms with E-state index in [1.807, 2.05) is 0 Å². The highest BCUT2D eigenvalue weighted by Crippen LogP contribution is 2.56. The molecule has 6 rings (SSSR count). The second kappa shape index (κ2) is 11.0. The number of hydrogen-bond acceptors (Lipinski definition) is 5. The van der Waals surface area contributed by atoms with Gasteiger partial charge in [0.05, 0.1) is 22.8 Å². The molecule has 2 aromatic heterocycles. The molecule has 8 bridgehead atoms. The van der Waals surface area contributed by atoms with Gasteiger partial charge in [-0.3, -0.25) is 5.73 Å². The van der Waals surface area contributed by atoms with Crippen LogP contribution in [0.25, 0.3) is 12.2 Å². The van der Waals surface area contributed by atoms with Crippen LogP contribution in [0.3, 0.4) is 0 Å². The third-order valence-electron chi connectivity index (χ3n) is 9.96. The average Bonchev–Trinajstić information content (AvgIpc) is 3.74. The second-order valence-electron chi connectivity index (χ2n) is 11.9. The van der Waals surface area contributed by atoms with Crippen molar-refractivity contribution in [2.75, 3.05) is 0 Å². The predicted octanol–water partition coefficient (Wildman–Crippen LogP) is 6.01. The van der Waals surface area contributed by atoms with Crippen molar-refractivity contribution in [1.82, 2.24) is 9.97 Å². The van der Waals surface area contributed by atoms with Crippen molar-refractivity contribution in [3.63, 3.8) is 0 Å². The predicted molar refractivity (Wildman–Crippen MR) is 175 cm³/mol. The van der Waals surface area contributed by atoms with Crippen LogP contribution in [0.1, 0.15) is 115 Å². The van der Waals surface area contributed by atoms with Crippen molar-refractivity contribution in [2.45, 2.75) is 118 Å². The van der Waals surface area contributed by atoms with Gasteiger partial charge in [0.1, 0.15) is 0 Å². The molecule has 0 aromatic carbocycles. The first kappa shape index (κ1) is 29.8. The Labute approximate surface area is 255 Å².